The second-order valence-corrected chi connectivity index (χ2v) is 2.78. The van der Waals surface area contributed by atoms with E-state index in [9.17, 15) is 19.2 Å². The van der Waals surface area contributed by atoms with E-state index in [0.29, 0.717) is 0 Å². The van der Waals surface area contributed by atoms with Crippen molar-refractivity contribution in [3.05, 3.63) is 0 Å². The van der Waals surface area contributed by atoms with Gasteiger partial charge in [-0.3, -0.25) is 9.59 Å². The summed E-state index contributed by atoms with van der Waals surface area (Å²) in [4.78, 5) is 42.0. The lowest BCUT2D eigenvalue weighted by atomic mass is 10.0. The number of aliphatic carboxylic acids is 2. The summed E-state index contributed by atoms with van der Waals surface area (Å²) < 4.78 is 0. The van der Waals surface area contributed by atoms with Gasteiger partial charge < -0.3 is 20.8 Å². The fourth-order valence-corrected chi connectivity index (χ4v) is 0.656. The Morgan fingerprint density at radius 1 is 1.27 bits per heavy atom. The summed E-state index contributed by atoms with van der Waals surface area (Å²) in [5.74, 6) is -4.31. The van der Waals surface area contributed by atoms with Crippen LogP contribution in [0.1, 0.15) is 6.92 Å². The van der Waals surface area contributed by atoms with Gasteiger partial charge in [0.1, 0.15) is 0 Å². The summed E-state index contributed by atoms with van der Waals surface area (Å²) >= 11 is 0. The lowest BCUT2D eigenvalue weighted by molar-refractivity contribution is -0.160. The van der Waals surface area contributed by atoms with Crippen LogP contribution in [0.15, 0.2) is 0 Å². The summed E-state index contributed by atoms with van der Waals surface area (Å²) in [5.41, 5.74) is -2.40. The molecule has 15 heavy (non-hydrogen) atoms. The molecular weight excluding hydrogens is 208 g/mol. The fourth-order valence-electron chi connectivity index (χ4n) is 0.656. The van der Waals surface area contributed by atoms with Crippen molar-refractivity contribution >= 4 is 24.3 Å². The average Bonchev–Trinajstić information content (AvgIpc) is 2.13. The third kappa shape index (κ3) is 3.25. The maximum atomic E-state index is 11.0. The zero-order valence-corrected chi connectivity index (χ0v) is 7.81. The number of carboxylic acids is 2. The van der Waals surface area contributed by atoms with Gasteiger partial charge >= 0.3 is 11.9 Å². The van der Waals surface area contributed by atoms with E-state index in [4.69, 9.17) is 10.2 Å². The number of hydrogen-bond donors (Lipinski definition) is 4. The second-order valence-electron chi connectivity index (χ2n) is 2.78. The molecule has 84 valence electrons. The molecule has 0 aromatic rings. The molecule has 0 spiro atoms. The standard InChI is InChI=1S/C7H10N2O6/c1-7(5(12)13,6(14)15)9-4(11)2-8-3-10/h3H,2H2,1H3,(H,8,10)(H,9,11)(H,12,13)(H,14,15). The minimum atomic E-state index is -2.40. The maximum absolute atomic E-state index is 11.0. The molecule has 0 aromatic carbocycles. The molecule has 0 atom stereocenters. The number of nitrogens with one attached hydrogen (secondary N) is 2. The zero-order valence-electron chi connectivity index (χ0n) is 7.81. The summed E-state index contributed by atoms with van der Waals surface area (Å²) in [7, 11) is 0. The van der Waals surface area contributed by atoms with Gasteiger partial charge in [-0.25, -0.2) is 9.59 Å². The lowest BCUT2D eigenvalue weighted by Crippen LogP contribution is -2.59. The highest BCUT2D eigenvalue weighted by atomic mass is 16.4. The van der Waals surface area contributed by atoms with E-state index in [0.717, 1.165) is 6.92 Å². The van der Waals surface area contributed by atoms with Crippen LogP contribution >= 0.6 is 0 Å². The Balaban J connectivity index is 4.56. The first-order chi connectivity index (χ1) is 6.84. The third-order valence-corrected chi connectivity index (χ3v) is 1.59. The van der Waals surface area contributed by atoms with E-state index in [-0.39, 0.29) is 6.41 Å². The Labute approximate surface area is 84.3 Å². The fraction of sp³-hybridized carbons (Fsp3) is 0.429. The van der Waals surface area contributed by atoms with Crippen LogP contribution in [0.3, 0.4) is 0 Å². The number of amides is 2. The lowest BCUT2D eigenvalue weighted by Gasteiger charge is -2.20. The van der Waals surface area contributed by atoms with Gasteiger partial charge in [-0.2, -0.15) is 0 Å². The molecule has 0 aliphatic rings. The van der Waals surface area contributed by atoms with Crippen LogP contribution in [-0.2, 0) is 19.2 Å². The summed E-state index contributed by atoms with van der Waals surface area (Å²) in [6, 6.07) is 0. The molecule has 0 bridgehead atoms. The molecule has 4 N–H and O–H groups in total. The minimum Gasteiger partial charge on any atom is -0.479 e. The smallest absolute Gasteiger partial charge is 0.340 e. The molecule has 0 radical (unpaired) electrons. The van der Waals surface area contributed by atoms with E-state index in [1.807, 2.05) is 5.32 Å². The highest BCUT2D eigenvalue weighted by Crippen LogP contribution is 2.03. The Bertz CT molecular complexity index is 286. The molecule has 0 unspecified atom stereocenters. The van der Waals surface area contributed by atoms with Crippen LogP contribution in [0.4, 0.5) is 0 Å². The molecule has 0 fully saturated rings. The minimum absolute atomic E-state index is 0.235. The monoisotopic (exact) mass is 218 g/mol. The highest BCUT2D eigenvalue weighted by molar-refractivity contribution is 6.06. The Kier molecular flexibility index (Phi) is 4.24. The SMILES string of the molecule is CC(NC(=O)CNC=O)(C(=O)O)C(=O)O. The van der Waals surface area contributed by atoms with Gasteiger partial charge in [-0.15, -0.1) is 0 Å². The Hall–Kier alpha value is -2.12. The van der Waals surface area contributed by atoms with Crippen molar-refractivity contribution in [3.63, 3.8) is 0 Å². The van der Waals surface area contributed by atoms with E-state index < -0.39 is 29.9 Å². The summed E-state index contributed by atoms with van der Waals surface area (Å²) in [6.07, 6.45) is 0.235. The Morgan fingerprint density at radius 2 is 1.73 bits per heavy atom. The number of rotatable bonds is 6. The van der Waals surface area contributed by atoms with Crippen molar-refractivity contribution in [2.75, 3.05) is 6.54 Å². The van der Waals surface area contributed by atoms with E-state index in [2.05, 4.69) is 0 Å². The van der Waals surface area contributed by atoms with Crippen molar-refractivity contribution in [3.8, 4) is 0 Å². The molecular formula is C7H10N2O6. The molecule has 0 rings (SSSR count). The van der Waals surface area contributed by atoms with Crippen molar-refractivity contribution in [2.45, 2.75) is 12.5 Å². The van der Waals surface area contributed by atoms with Gasteiger partial charge in [0.15, 0.2) is 0 Å². The van der Waals surface area contributed by atoms with Crippen molar-refractivity contribution in [1.82, 2.24) is 10.6 Å². The topological polar surface area (TPSA) is 133 Å². The largest absolute Gasteiger partial charge is 0.479 e. The van der Waals surface area contributed by atoms with Crippen LogP contribution in [0, 0.1) is 0 Å². The average molecular weight is 218 g/mol. The van der Waals surface area contributed by atoms with Gasteiger partial charge in [0, 0.05) is 0 Å². The molecule has 8 heteroatoms. The van der Waals surface area contributed by atoms with Gasteiger partial charge in [0.2, 0.25) is 17.9 Å². The molecule has 0 aromatic heterocycles. The van der Waals surface area contributed by atoms with Gasteiger partial charge in [0.05, 0.1) is 6.54 Å². The number of carbonyl (C=O) groups excluding carboxylic acids is 2. The van der Waals surface area contributed by atoms with Gasteiger partial charge in [-0.05, 0) is 6.92 Å². The van der Waals surface area contributed by atoms with Gasteiger partial charge in [0.25, 0.3) is 0 Å². The van der Waals surface area contributed by atoms with Crippen LogP contribution < -0.4 is 10.6 Å². The molecule has 2 amide bonds. The van der Waals surface area contributed by atoms with Crippen molar-refractivity contribution in [2.24, 2.45) is 0 Å². The number of carboxylic acid groups (broad SMARTS) is 2. The molecule has 0 saturated heterocycles. The van der Waals surface area contributed by atoms with Crippen molar-refractivity contribution < 1.29 is 29.4 Å². The molecule has 0 aliphatic heterocycles. The number of carbonyl (C=O) groups is 4. The molecule has 0 saturated carbocycles. The second kappa shape index (κ2) is 4.94. The predicted molar refractivity (Wildman–Crippen MR) is 45.9 cm³/mol. The summed E-state index contributed by atoms with van der Waals surface area (Å²) in [6.45, 7) is 0.343. The predicted octanol–water partition coefficient (Wildman–Crippen LogP) is -2.22. The van der Waals surface area contributed by atoms with Crippen LogP contribution in [0.5, 0.6) is 0 Å². The Morgan fingerprint density at radius 3 is 2.07 bits per heavy atom. The number of hydrogen-bond acceptors (Lipinski definition) is 4. The first-order valence-corrected chi connectivity index (χ1v) is 3.79. The quantitative estimate of drug-likeness (QED) is 0.295. The van der Waals surface area contributed by atoms with Gasteiger partial charge in [-0.1, -0.05) is 0 Å². The highest BCUT2D eigenvalue weighted by Gasteiger charge is 2.43. The first-order valence-electron chi connectivity index (χ1n) is 3.79. The van der Waals surface area contributed by atoms with E-state index in [1.54, 1.807) is 5.32 Å². The van der Waals surface area contributed by atoms with Crippen LogP contribution in [-0.4, -0.2) is 46.6 Å². The molecule has 8 nitrogen and oxygen atoms in total. The van der Waals surface area contributed by atoms with Crippen LogP contribution in [0.2, 0.25) is 0 Å². The first kappa shape index (κ1) is 12.9. The van der Waals surface area contributed by atoms with E-state index in [1.165, 1.54) is 0 Å². The third-order valence-electron chi connectivity index (χ3n) is 1.59. The zero-order chi connectivity index (χ0) is 12.1. The normalized spacial score (nSPS) is 10.2. The molecule has 0 heterocycles. The van der Waals surface area contributed by atoms with E-state index >= 15 is 0 Å². The molecule has 0 aliphatic carbocycles. The summed E-state index contributed by atoms with van der Waals surface area (Å²) in [5, 5.41) is 20.9. The van der Waals surface area contributed by atoms with Crippen molar-refractivity contribution in [1.29, 1.82) is 0 Å². The maximum Gasteiger partial charge on any atom is 0.340 e. The van der Waals surface area contributed by atoms with Crippen LogP contribution in [0.25, 0.3) is 0 Å².